The molecular weight excluding hydrogens is 455 g/mol. The van der Waals surface area contributed by atoms with Crippen LogP contribution in [0.15, 0.2) is 59.1 Å². The molecule has 2 nitrogen and oxygen atoms in total. The third-order valence-electron chi connectivity index (χ3n) is 3.38. The van der Waals surface area contributed by atoms with Crippen molar-refractivity contribution in [1.29, 1.82) is 0 Å². The van der Waals surface area contributed by atoms with Gasteiger partial charge < -0.3 is 4.74 Å². The molecule has 3 aromatic rings. The van der Waals surface area contributed by atoms with E-state index < -0.39 is 0 Å². The average molecular weight is 467 g/mol. The molecule has 0 saturated heterocycles. The number of aryl methyl sites for hydroxylation is 1. The quantitative estimate of drug-likeness (QED) is 0.273. The molecule has 0 amide bonds. The third-order valence-corrected chi connectivity index (χ3v) is 4.54. The van der Waals surface area contributed by atoms with Crippen molar-refractivity contribution in [2.45, 2.75) is 6.92 Å². The zero-order valence-corrected chi connectivity index (χ0v) is 15.5. The van der Waals surface area contributed by atoms with Crippen molar-refractivity contribution in [1.82, 2.24) is 0 Å². The van der Waals surface area contributed by atoms with E-state index in [-0.39, 0.29) is 5.97 Å². The Hall–Kier alpha value is -1.40. The Balaban J connectivity index is 1.90. The van der Waals surface area contributed by atoms with Crippen LogP contribution >= 0.6 is 38.5 Å². The van der Waals surface area contributed by atoms with Gasteiger partial charge in [-0.25, -0.2) is 4.79 Å². The summed E-state index contributed by atoms with van der Waals surface area (Å²) in [7, 11) is 0. The first-order chi connectivity index (χ1) is 10.5. The lowest BCUT2D eigenvalue weighted by atomic mass is 10.1. The highest BCUT2D eigenvalue weighted by molar-refractivity contribution is 14.1. The summed E-state index contributed by atoms with van der Waals surface area (Å²) in [5.74, 6) is 0.260. The Morgan fingerprint density at radius 3 is 2.50 bits per heavy atom. The van der Waals surface area contributed by atoms with E-state index in [4.69, 9.17) is 4.74 Å². The van der Waals surface area contributed by atoms with Gasteiger partial charge in [0.15, 0.2) is 0 Å². The minimum atomic E-state index is -0.339. The highest BCUT2D eigenvalue weighted by atomic mass is 127. The molecule has 0 fully saturated rings. The summed E-state index contributed by atoms with van der Waals surface area (Å²) < 4.78 is 7.64. The van der Waals surface area contributed by atoms with E-state index in [2.05, 4.69) is 38.5 Å². The van der Waals surface area contributed by atoms with Gasteiger partial charge in [-0.1, -0.05) is 28.1 Å². The number of esters is 1. The number of carbonyl (C=O) groups is 1. The molecule has 3 rings (SSSR count). The monoisotopic (exact) mass is 466 g/mol. The largest absolute Gasteiger partial charge is 0.423 e. The van der Waals surface area contributed by atoms with Gasteiger partial charge in [-0.05, 0) is 88.3 Å². The first kappa shape index (κ1) is 15.5. The van der Waals surface area contributed by atoms with Crippen LogP contribution in [0.3, 0.4) is 0 Å². The number of halogens is 2. The van der Waals surface area contributed by atoms with Gasteiger partial charge in [0.1, 0.15) is 5.75 Å². The molecule has 0 aliphatic carbocycles. The predicted molar refractivity (Wildman–Crippen MR) is 101 cm³/mol. The van der Waals surface area contributed by atoms with E-state index in [0.29, 0.717) is 11.3 Å². The second-order valence-corrected chi connectivity index (χ2v) is 7.17. The molecule has 0 unspecified atom stereocenters. The maximum atomic E-state index is 12.3. The SMILES string of the molecule is Cc1cc(I)ccc1OC(=O)c1ccc2cc(Br)ccc2c1. The molecule has 0 atom stereocenters. The number of benzene rings is 3. The smallest absolute Gasteiger partial charge is 0.343 e. The van der Waals surface area contributed by atoms with Gasteiger partial charge in [-0.15, -0.1) is 0 Å². The van der Waals surface area contributed by atoms with E-state index in [1.54, 1.807) is 6.07 Å². The van der Waals surface area contributed by atoms with Crippen molar-refractivity contribution in [3.63, 3.8) is 0 Å². The number of hydrogen-bond acceptors (Lipinski definition) is 2. The van der Waals surface area contributed by atoms with E-state index in [1.165, 1.54) is 0 Å². The number of ether oxygens (including phenoxy) is 1. The molecular formula is C18H12BrIO2. The minimum absolute atomic E-state index is 0.339. The van der Waals surface area contributed by atoms with Crippen molar-refractivity contribution >= 4 is 55.3 Å². The fourth-order valence-corrected chi connectivity index (χ4v) is 3.26. The average Bonchev–Trinajstić information content (AvgIpc) is 2.49. The third kappa shape index (κ3) is 3.33. The Morgan fingerprint density at radius 1 is 1.00 bits per heavy atom. The summed E-state index contributed by atoms with van der Waals surface area (Å²) in [5.41, 5.74) is 1.50. The van der Waals surface area contributed by atoms with Crippen LogP contribution in [0.25, 0.3) is 10.8 Å². The van der Waals surface area contributed by atoms with E-state index >= 15 is 0 Å². The zero-order chi connectivity index (χ0) is 15.7. The predicted octanol–water partition coefficient (Wildman–Crippen LogP) is 5.73. The first-order valence-corrected chi connectivity index (χ1v) is 8.58. The molecule has 110 valence electrons. The maximum Gasteiger partial charge on any atom is 0.343 e. The second kappa shape index (κ2) is 6.38. The fraction of sp³-hybridized carbons (Fsp3) is 0.0556. The van der Waals surface area contributed by atoms with Crippen LogP contribution in [-0.4, -0.2) is 5.97 Å². The maximum absolute atomic E-state index is 12.3. The lowest BCUT2D eigenvalue weighted by Gasteiger charge is -2.08. The number of carbonyl (C=O) groups excluding carboxylic acids is 1. The van der Waals surface area contributed by atoms with Crippen molar-refractivity contribution in [3.8, 4) is 5.75 Å². The fourth-order valence-electron chi connectivity index (χ4n) is 2.23. The molecule has 0 aromatic heterocycles. The summed E-state index contributed by atoms with van der Waals surface area (Å²) in [6, 6.07) is 17.3. The van der Waals surface area contributed by atoms with Crippen LogP contribution in [-0.2, 0) is 0 Å². The van der Waals surface area contributed by atoms with E-state index in [1.807, 2.05) is 55.5 Å². The van der Waals surface area contributed by atoms with Gasteiger partial charge in [0, 0.05) is 8.04 Å². The molecule has 0 spiro atoms. The Morgan fingerprint density at radius 2 is 1.73 bits per heavy atom. The highest BCUT2D eigenvalue weighted by Gasteiger charge is 2.11. The van der Waals surface area contributed by atoms with Crippen molar-refractivity contribution < 1.29 is 9.53 Å². The van der Waals surface area contributed by atoms with E-state index in [0.717, 1.165) is 24.4 Å². The van der Waals surface area contributed by atoms with Gasteiger partial charge in [0.05, 0.1) is 5.56 Å². The van der Waals surface area contributed by atoms with Gasteiger partial charge >= 0.3 is 5.97 Å². The van der Waals surface area contributed by atoms with Crippen LogP contribution < -0.4 is 4.74 Å². The summed E-state index contributed by atoms with van der Waals surface area (Å²) in [6.45, 7) is 1.93. The highest BCUT2D eigenvalue weighted by Crippen LogP contribution is 2.24. The Bertz CT molecular complexity index is 874. The standard InChI is InChI=1S/C18H12BrIO2/c1-11-8-16(20)6-7-17(11)22-18(21)14-3-2-13-10-15(19)5-4-12(13)9-14/h2-10H,1H3. The molecule has 0 aliphatic rings. The van der Waals surface area contributed by atoms with Crippen molar-refractivity contribution in [2.75, 3.05) is 0 Å². The molecule has 22 heavy (non-hydrogen) atoms. The van der Waals surface area contributed by atoms with Crippen LogP contribution in [0.2, 0.25) is 0 Å². The summed E-state index contributed by atoms with van der Waals surface area (Å²) in [6.07, 6.45) is 0. The van der Waals surface area contributed by atoms with Crippen LogP contribution in [0.4, 0.5) is 0 Å². The summed E-state index contributed by atoms with van der Waals surface area (Å²) in [5, 5.41) is 2.09. The summed E-state index contributed by atoms with van der Waals surface area (Å²) in [4.78, 5) is 12.3. The number of fused-ring (bicyclic) bond motifs is 1. The molecule has 0 heterocycles. The van der Waals surface area contributed by atoms with Crippen molar-refractivity contribution in [2.24, 2.45) is 0 Å². The number of hydrogen-bond donors (Lipinski definition) is 0. The molecule has 0 bridgehead atoms. The minimum Gasteiger partial charge on any atom is -0.423 e. The van der Waals surface area contributed by atoms with E-state index in [9.17, 15) is 4.79 Å². The molecule has 0 aliphatic heterocycles. The Labute approximate surface area is 150 Å². The van der Waals surface area contributed by atoms with Gasteiger partial charge in [0.2, 0.25) is 0 Å². The normalized spacial score (nSPS) is 10.7. The first-order valence-electron chi connectivity index (χ1n) is 6.70. The topological polar surface area (TPSA) is 26.3 Å². The van der Waals surface area contributed by atoms with Gasteiger partial charge in [-0.3, -0.25) is 0 Å². The van der Waals surface area contributed by atoms with Crippen LogP contribution in [0.5, 0.6) is 5.75 Å². The molecule has 4 heteroatoms. The lowest BCUT2D eigenvalue weighted by molar-refractivity contribution is 0.0733. The van der Waals surface area contributed by atoms with Crippen LogP contribution in [0, 0.1) is 10.5 Å². The lowest BCUT2D eigenvalue weighted by Crippen LogP contribution is -2.09. The zero-order valence-electron chi connectivity index (χ0n) is 11.8. The number of rotatable bonds is 2. The van der Waals surface area contributed by atoms with Crippen LogP contribution in [0.1, 0.15) is 15.9 Å². The molecule has 3 aromatic carbocycles. The second-order valence-electron chi connectivity index (χ2n) is 5.01. The Kier molecular flexibility index (Phi) is 4.49. The summed E-state index contributed by atoms with van der Waals surface area (Å²) >= 11 is 5.68. The van der Waals surface area contributed by atoms with Gasteiger partial charge in [0.25, 0.3) is 0 Å². The molecule has 0 saturated carbocycles. The van der Waals surface area contributed by atoms with Crippen molar-refractivity contribution in [3.05, 3.63) is 73.8 Å². The van der Waals surface area contributed by atoms with Gasteiger partial charge in [-0.2, -0.15) is 0 Å². The molecule has 0 N–H and O–H groups in total. The molecule has 0 radical (unpaired) electrons.